The third-order valence-corrected chi connectivity index (χ3v) is 5.00. The first kappa shape index (κ1) is 17.4. The van der Waals surface area contributed by atoms with Crippen LogP contribution in [0.1, 0.15) is 25.2 Å². The van der Waals surface area contributed by atoms with E-state index in [0.29, 0.717) is 36.0 Å². The zero-order valence-electron chi connectivity index (χ0n) is 14.6. The van der Waals surface area contributed by atoms with Crippen LogP contribution in [0.3, 0.4) is 0 Å². The molecule has 2 aromatic rings. The first-order chi connectivity index (χ1) is 12.6. The number of fused-ring (bicyclic) bond motifs is 1. The first-order valence-corrected chi connectivity index (χ1v) is 9.08. The van der Waals surface area contributed by atoms with Crippen LogP contribution in [-0.4, -0.2) is 64.0 Å². The van der Waals surface area contributed by atoms with Crippen molar-refractivity contribution in [3.8, 4) is 0 Å². The summed E-state index contributed by atoms with van der Waals surface area (Å²) < 4.78 is 28.0. The molecule has 0 spiro atoms. The summed E-state index contributed by atoms with van der Waals surface area (Å²) in [6, 6.07) is 7.37. The Hall–Kier alpha value is -2.06. The third kappa shape index (κ3) is 3.86. The minimum Gasteiger partial charge on any atom is -0.352 e. The van der Waals surface area contributed by atoms with Gasteiger partial charge in [-0.25, -0.2) is 4.98 Å². The molecule has 0 atom stereocenters. The molecule has 26 heavy (non-hydrogen) atoms. The topological polar surface area (TPSA) is 53.4 Å². The van der Waals surface area contributed by atoms with Crippen molar-refractivity contribution in [3.63, 3.8) is 0 Å². The van der Waals surface area contributed by atoms with E-state index >= 15 is 0 Å². The third-order valence-electron chi connectivity index (χ3n) is 5.00. The molecule has 0 radical (unpaired) electrons. The van der Waals surface area contributed by atoms with Gasteiger partial charge in [-0.1, -0.05) is 12.1 Å². The second kappa shape index (κ2) is 7.28. The van der Waals surface area contributed by atoms with E-state index in [0.717, 1.165) is 43.6 Å². The number of nitrogens with zero attached hydrogens (tertiary/aromatic N) is 4. The van der Waals surface area contributed by atoms with Gasteiger partial charge in [-0.05, 0) is 25.0 Å². The molecule has 2 fully saturated rings. The lowest BCUT2D eigenvalue weighted by Crippen LogP contribution is -2.49. The molecule has 1 aromatic heterocycles. The van der Waals surface area contributed by atoms with Crippen LogP contribution in [0.5, 0.6) is 0 Å². The highest BCUT2D eigenvalue weighted by Gasteiger charge is 2.26. The Bertz CT molecular complexity index is 781. The van der Waals surface area contributed by atoms with Crippen molar-refractivity contribution in [2.45, 2.75) is 32.0 Å². The average molecular weight is 363 g/mol. The highest BCUT2D eigenvalue weighted by atomic mass is 19.3. The molecule has 2 aliphatic rings. The molecule has 0 unspecified atom stereocenters. The monoisotopic (exact) mass is 363 g/mol. The van der Waals surface area contributed by atoms with Crippen LogP contribution in [0.4, 0.5) is 8.78 Å². The van der Waals surface area contributed by atoms with Gasteiger partial charge < -0.3 is 5.32 Å². The Morgan fingerprint density at radius 1 is 1.15 bits per heavy atom. The van der Waals surface area contributed by atoms with Crippen molar-refractivity contribution in [2.24, 2.45) is 0 Å². The summed E-state index contributed by atoms with van der Waals surface area (Å²) >= 11 is 0. The quantitative estimate of drug-likeness (QED) is 0.851. The van der Waals surface area contributed by atoms with Gasteiger partial charge in [0.2, 0.25) is 5.91 Å². The van der Waals surface area contributed by atoms with Gasteiger partial charge in [-0.3, -0.25) is 19.2 Å². The number of alkyl halides is 2. The molecule has 8 heteroatoms. The van der Waals surface area contributed by atoms with Crippen LogP contribution in [0, 0.1) is 0 Å². The highest BCUT2D eigenvalue weighted by Crippen LogP contribution is 2.24. The van der Waals surface area contributed by atoms with Gasteiger partial charge in [0.1, 0.15) is 5.82 Å². The SMILES string of the molecule is O=C(CN1CCN(Cc2nc3ccccc3n2C(F)F)CC1)NC1CC1. The van der Waals surface area contributed by atoms with Gasteiger partial charge in [0, 0.05) is 32.2 Å². The molecule has 1 aliphatic heterocycles. The van der Waals surface area contributed by atoms with Gasteiger partial charge in [0.15, 0.2) is 0 Å². The van der Waals surface area contributed by atoms with Crippen molar-refractivity contribution in [1.82, 2.24) is 24.7 Å². The summed E-state index contributed by atoms with van der Waals surface area (Å²) in [5, 5.41) is 3.00. The number of piperazine rings is 1. The number of carbonyl (C=O) groups excluding carboxylic acids is 1. The summed E-state index contributed by atoms with van der Waals surface area (Å²) in [5.41, 5.74) is 1.06. The maximum absolute atomic E-state index is 13.5. The van der Waals surface area contributed by atoms with E-state index in [4.69, 9.17) is 0 Å². The lowest BCUT2D eigenvalue weighted by Gasteiger charge is -2.34. The summed E-state index contributed by atoms with van der Waals surface area (Å²) in [4.78, 5) is 20.5. The second-order valence-corrected chi connectivity index (χ2v) is 7.06. The molecule has 0 bridgehead atoms. The first-order valence-electron chi connectivity index (χ1n) is 9.08. The fraction of sp³-hybridized carbons (Fsp3) is 0.556. The number of benzene rings is 1. The van der Waals surface area contributed by atoms with Crippen molar-refractivity contribution < 1.29 is 13.6 Å². The standard InChI is InChI=1S/C18H23F2N5O/c19-18(20)25-15-4-2-1-3-14(15)22-16(25)11-23-7-9-24(10-8-23)12-17(26)21-13-5-6-13/h1-4,13,18H,5-12H2,(H,21,26). The fourth-order valence-corrected chi connectivity index (χ4v) is 3.43. The van der Waals surface area contributed by atoms with Crippen molar-refractivity contribution in [1.29, 1.82) is 0 Å². The molecule has 6 nitrogen and oxygen atoms in total. The maximum atomic E-state index is 13.5. The van der Waals surface area contributed by atoms with E-state index in [1.54, 1.807) is 24.3 Å². The largest absolute Gasteiger partial charge is 0.352 e. The van der Waals surface area contributed by atoms with Crippen LogP contribution in [0.15, 0.2) is 24.3 Å². The molecular weight excluding hydrogens is 340 g/mol. The van der Waals surface area contributed by atoms with E-state index < -0.39 is 6.55 Å². The van der Waals surface area contributed by atoms with Crippen LogP contribution in [0.25, 0.3) is 11.0 Å². The van der Waals surface area contributed by atoms with Crippen LogP contribution in [0.2, 0.25) is 0 Å². The van der Waals surface area contributed by atoms with Gasteiger partial charge in [-0.15, -0.1) is 0 Å². The number of carbonyl (C=O) groups is 1. The number of imidazole rings is 1. The van der Waals surface area contributed by atoms with E-state index in [2.05, 4.69) is 20.1 Å². The predicted octanol–water partition coefficient (Wildman–Crippen LogP) is 1.83. The minimum atomic E-state index is -2.61. The van der Waals surface area contributed by atoms with Crippen LogP contribution < -0.4 is 5.32 Å². The van der Waals surface area contributed by atoms with Crippen molar-refractivity contribution in [3.05, 3.63) is 30.1 Å². The number of nitrogens with one attached hydrogen (secondary N) is 1. The summed E-state index contributed by atoms with van der Waals surface area (Å²) in [6.45, 7) is 1.19. The van der Waals surface area contributed by atoms with Crippen molar-refractivity contribution in [2.75, 3.05) is 32.7 Å². The molecule has 1 saturated carbocycles. The molecule has 140 valence electrons. The fourth-order valence-electron chi connectivity index (χ4n) is 3.43. The lowest BCUT2D eigenvalue weighted by atomic mass is 10.3. The average Bonchev–Trinajstić information content (AvgIpc) is 3.34. The highest BCUT2D eigenvalue weighted by molar-refractivity contribution is 5.78. The molecule has 1 amide bonds. The normalized spacial score (nSPS) is 19.3. The molecule has 4 rings (SSSR count). The number of halogens is 2. The number of hydrogen-bond donors (Lipinski definition) is 1. The molecule has 1 N–H and O–H groups in total. The van der Waals surface area contributed by atoms with Gasteiger partial charge >= 0.3 is 6.55 Å². The van der Waals surface area contributed by atoms with E-state index in [9.17, 15) is 13.6 Å². The van der Waals surface area contributed by atoms with Gasteiger partial charge in [0.25, 0.3) is 0 Å². The number of rotatable bonds is 6. The number of hydrogen-bond acceptors (Lipinski definition) is 4. The van der Waals surface area contributed by atoms with E-state index in [-0.39, 0.29) is 5.91 Å². The second-order valence-electron chi connectivity index (χ2n) is 7.06. The Balaban J connectivity index is 1.36. The number of aromatic nitrogens is 2. The minimum absolute atomic E-state index is 0.0837. The maximum Gasteiger partial charge on any atom is 0.320 e. The Labute approximate surface area is 150 Å². The number of para-hydroxylation sites is 2. The predicted molar refractivity (Wildman–Crippen MR) is 93.9 cm³/mol. The molecule has 1 aromatic carbocycles. The Morgan fingerprint density at radius 2 is 1.85 bits per heavy atom. The van der Waals surface area contributed by atoms with E-state index in [1.807, 2.05) is 0 Å². The zero-order chi connectivity index (χ0) is 18.1. The zero-order valence-corrected chi connectivity index (χ0v) is 14.6. The molecule has 1 saturated heterocycles. The smallest absolute Gasteiger partial charge is 0.320 e. The Morgan fingerprint density at radius 3 is 2.54 bits per heavy atom. The summed E-state index contributed by atoms with van der Waals surface area (Å²) in [6.07, 6.45) is 2.18. The Kier molecular flexibility index (Phi) is 4.86. The van der Waals surface area contributed by atoms with Gasteiger partial charge in [0.05, 0.1) is 24.1 Å². The van der Waals surface area contributed by atoms with Gasteiger partial charge in [-0.2, -0.15) is 8.78 Å². The van der Waals surface area contributed by atoms with E-state index in [1.165, 1.54) is 0 Å². The van der Waals surface area contributed by atoms with Crippen LogP contribution in [-0.2, 0) is 11.3 Å². The number of amides is 1. The molecular formula is C18H23F2N5O. The van der Waals surface area contributed by atoms with Crippen LogP contribution >= 0.6 is 0 Å². The van der Waals surface area contributed by atoms with Crippen molar-refractivity contribution >= 4 is 16.9 Å². The summed E-state index contributed by atoms with van der Waals surface area (Å²) in [7, 11) is 0. The summed E-state index contributed by atoms with van der Waals surface area (Å²) in [5.74, 6) is 0.474. The molecule has 2 heterocycles. The molecule has 1 aliphatic carbocycles. The lowest BCUT2D eigenvalue weighted by molar-refractivity contribution is -0.122.